The van der Waals surface area contributed by atoms with Crippen molar-refractivity contribution in [1.29, 1.82) is 0 Å². The molecule has 18 heteroatoms. The number of pyridine rings is 2. The highest BCUT2D eigenvalue weighted by atomic mass is 19.4. The number of halogens is 6. The Kier molecular flexibility index (Phi) is 12.4. The van der Waals surface area contributed by atoms with E-state index < -0.39 is 46.8 Å². The third kappa shape index (κ3) is 10.5. The van der Waals surface area contributed by atoms with Gasteiger partial charge in [-0.05, 0) is 41.3 Å². The van der Waals surface area contributed by atoms with Gasteiger partial charge in [0.25, 0.3) is 11.1 Å². The molecule has 0 spiro atoms. The minimum absolute atomic E-state index is 0.0120. The molecule has 12 nitrogen and oxygen atoms in total. The average molecular weight is 783 g/mol. The molecule has 0 saturated heterocycles. The number of esters is 1. The minimum atomic E-state index is -4.84. The summed E-state index contributed by atoms with van der Waals surface area (Å²) in [5, 5.41) is 15.8. The number of carboxylic acids is 1. The number of ether oxygens (including phenoxy) is 1. The molecule has 0 fully saturated rings. The number of carbonyl (C=O) groups excluding carboxylic acids is 1. The Hall–Kier alpha value is -6.72. The molecule has 4 heterocycles. The summed E-state index contributed by atoms with van der Waals surface area (Å²) in [5.74, 6) is -2.74. The van der Waals surface area contributed by atoms with E-state index in [1.165, 1.54) is 23.6 Å². The molecule has 2 aromatic carbocycles. The monoisotopic (exact) mass is 782 g/mol. The molecule has 0 aliphatic carbocycles. The summed E-state index contributed by atoms with van der Waals surface area (Å²) >= 11 is 0. The molecule has 0 bridgehead atoms. The molecule has 0 amide bonds. The van der Waals surface area contributed by atoms with E-state index in [0.717, 1.165) is 32.9 Å². The van der Waals surface area contributed by atoms with Crippen LogP contribution < -0.4 is 11.1 Å². The van der Waals surface area contributed by atoms with Gasteiger partial charge < -0.3 is 19.0 Å². The molecule has 0 atom stereocenters. The first-order valence-corrected chi connectivity index (χ1v) is 16.7. The van der Waals surface area contributed by atoms with Crippen LogP contribution >= 0.6 is 0 Å². The Bertz CT molecular complexity index is 2410. The largest absolute Gasteiger partial charge is 0.478 e. The number of nitrogens with zero attached hydrogens (tertiary/aromatic N) is 6. The van der Waals surface area contributed by atoms with E-state index in [4.69, 9.17) is 5.11 Å². The van der Waals surface area contributed by atoms with Crippen molar-refractivity contribution >= 4 is 11.9 Å². The zero-order valence-electron chi connectivity index (χ0n) is 29.4. The number of carboxylic acid groups (broad SMARTS) is 1. The summed E-state index contributed by atoms with van der Waals surface area (Å²) in [6.07, 6.45) is -4.37. The van der Waals surface area contributed by atoms with Crippen molar-refractivity contribution < 1.29 is 45.8 Å². The number of rotatable bonds is 11. The third-order valence-electron chi connectivity index (χ3n) is 8.03. The number of carbonyl (C=O) groups is 2. The van der Waals surface area contributed by atoms with Gasteiger partial charge in [-0.3, -0.25) is 19.0 Å². The molecule has 0 saturated carbocycles. The van der Waals surface area contributed by atoms with Crippen LogP contribution in [0.1, 0.15) is 61.3 Å². The summed E-state index contributed by atoms with van der Waals surface area (Å²) in [6, 6.07) is 23.7. The van der Waals surface area contributed by atoms with Gasteiger partial charge in [-0.25, -0.2) is 9.59 Å². The zero-order chi connectivity index (χ0) is 40.6. The Morgan fingerprint density at radius 2 is 0.982 bits per heavy atom. The molecule has 56 heavy (non-hydrogen) atoms. The molecule has 0 aliphatic heterocycles. The van der Waals surface area contributed by atoms with Crippen LogP contribution in [0, 0.1) is 0 Å². The topological polar surface area (TPSA) is 143 Å². The Morgan fingerprint density at radius 3 is 1.32 bits per heavy atom. The van der Waals surface area contributed by atoms with E-state index in [1.807, 2.05) is 0 Å². The van der Waals surface area contributed by atoms with Crippen molar-refractivity contribution in [3.8, 4) is 0 Å². The molecule has 0 unspecified atom stereocenters. The number of alkyl halides is 6. The fraction of sp³-hybridized carbons (Fsp3) is 0.211. The van der Waals surface area contributed by atoms with E-state index in [0.29, 0.717) is 24.2 Å². The van der Waals surface area contributed by atoms with E-state index in [9.17, 15) is 45.5 Å². The predicted octanol–water partition coefficient (Wildman–Crippen LogP) is 6.20. The highest BCUT2D eigenvalue weighted by Crippen LogP contribution is 2.32. The molecule has 4 aromatic heterocycles. The normalized spacial score (nSPS) is 11.5. The van der Waals surface area contributed by atoms with Gasteiger partial charge >= 0.3 is 24.3 Å². The van der Waals surface area contributed by atoms with Gasteiger partial charge in [-0.2, -0.15) is 36.5 Å². The number of benzene rings is 2. The van der Waals surface area contributed by atoms with E-state index >= 15 is 0 Å². The summed E-state index contributed by atoms with van der Waals surface area (Å²) < 4.78 is 88.0. The van der Waals surface area contributed by atoms with Gasteiger partial charge in [-0.15, -0.1) is 0 Å². The molecule has 0 aliphatic rings. The Morgan fingerprint density at radius 1 is 0.607 bits per heavy atom. The first-order chi connectivity index (χ1) is 26.5. The molecular weight excluding hydrogens is 750 g/mol. The SMILES string of the molecule is CCOC(=O)c1cn(Cc2ccc(Cn3ccccc3=O)cc2)nc1C(F)(F)F.O=C(O)c1cn(Cc2ccc(Cn3ccccc3=O)cc2)nc1C(F)(F)F. The number of aromatic carboxylic acids is 1. The lowest BCUT2D eigenvalue weighted by Gasteiger charge is -2.07. The van der Waals surface area contributed by atoms with Crippen molar-refractivity contribution in [3.05, 3.63) is 175 Å². The fourth-order valence-electron chi connectivity index (χ4n) is 5.39. The van der Waals surface area contributed by atoms with Crippen LogP contribution in [-0.4, -0.2) is 52.3 Å². The minimum Gasteiger partial charge on any atom is -0.478 e. The fourth-order valence-corrected chi connectivity index (χ4v) is 5.39. The highest BCUT2D eigenvalue weighted by Gasteiger charge is 2.40. The van der Waals surface area contributed by atoms with Crippen molar-refractivity contribution in [2.45, 2.75) is 45.5 Å². The van der Waals surface area contributed by atoms with Gasteiger partial charge in [0.2, 0.25) is 0 Å². The van der Waals surface area contributed by atoms with Crippen LogP contribution in [-0.2, 0) is 43.3 Å². The maximum Gasteiger partial charge on any atom is 0.436 e. The number of hydrogen-bond donors (Lipinski definition) is 1. The Labute approximate surface area is 313 Å². The molecule has 1 N–H and O–H groups in total. The standard InChI is InChI=1S/C20H18F3N3O3.C18H14F3N3O3/c1-2-29-19(28)16-13-26(24-18(16)20(21,22)23)12-15-8-6-14(7-9-15)11-25-10-4-3-5-17(25)27;19-18(20,21)16-14(17(26)27)11-24(22-16)10-13-6-4-12(5-7-13)9-23-8-2-1-3-15(23)25/h3-10,13H,2,11-12H2,1H3;1-8,11H,9-10H2,(H,26,27). The third-order valence-corrected chi connectivity index (χ3v) is 8.03. The van der Waals surface area contributed by atoms with Crippen molar-refractivity contribution in [3.63, 3.8) is 0 Å². The van der Waals surface area contributed by atoms with Crippen LogP contribution in [0.25, 0.3) is 0 Å². The van der Waals surface area contributed by atoms with Crippen LogP contribution in [0.5, 0.6) is 0 Å². The van der Waals surface area contributed by atoms with Crippen LogP contribution in [0.3, 0.4) is 0 Å². The van der Waals surface area contributed by atoms with E-state index in [2.05, 4.69) is 14.9 Å². The van der Waals surface area contributed by atoms with Crippen molar-refractivity contribution in [1.82, 2.24) is 28.7 Å². The maximum atomic E-state index is 13.2. The molecular formula is C38H32F6N6O6. The van der Waals surface area contributed by atoms with Crippen LogP contribution in [0.15, 0.2) is 119 Å². The predicted molar refractivity (Wildman–Crippen MR) is 188 cm³/mol. The second-order valence-electron chi connectivity index (χ2n) is 12.2. The summed E-state index contributed by atoms with van der Waals surface area (Å²) in [5.41, 5.74) is -1.40. The lowest BCUT2D eigenvalue weighted by atomic mass is 10.1. The summed E-state index contributed by atoms with van der Waals surface area (Å²) in [7, 11) is 0. The highest BCUT2D eigenvalue weighted by molar-refractivity contribution is 5.90. The number of aromatic nitrogens is 6. The lowest BCUT2D eigenvalue weighted by molar-refractivity contribution is -0.142. The quantitative estimate of drug-likeness (QED) is 0.121. The van der Waals surface area contributed by atoms with Gasteiger partial charge in [-0.1, -0.05) is 60.7 Å². The average Bonchev–Trinajstić information content (AvgIpc) is 3.78. The second kappa shape index (κ2) is 17.2. The smallest absolute Gasteiger partial charge is 0.436 e. The summed E-state index contributed by atoms with van der Waals surface area (Å²) in [4.78, 5) is 46.3. The van der Waals surface area contributed by atoms with Gasteiger partial charge in [0, 0.05) is 36.9 Å². The van der Waals surface area contributed by atoms with Gasteiger partial charge in [0.1, 0.15) is 11.1 Å². The van der Waals surface area contributed by atoms with E-state index in [-0.39, 0.29) is 30.8 Å². The molecule has 6 aromatic rings. The second-order valence-corrected chi connectivity index (χ2v) is 12.2. The first kappa shape index (κ1) is 40.5. The van der Waals surface area contributed by atoms with Crippen LogP contribution in [0.2, 0.25) is 0 Å². The zero-order valence-corrected chi connectivity index (χ0v) is 29.4. The van der Waals surface area contributed by atoms with Crippen LogP contribution in [0.4, 0.5) is 26.3 Å². The maximum absolute atomic E-state index is 13.2. The van der Waals surface area contributed by atoms with E-state index in [1.54, 1.807) is 89.8 Å². The van der Waals surface area contributed by atoms with Crippen molar-refractivity contribution in [2.24, 2.45) is 0 Å². The number of hydrogen-bond acceptors (Lipinski definition) is 7. The summed E-state index contributed by atoms with van der Waals surface area (Å²) in [6.45, 7) is 2.26. The molecule has 292 valence electrons. The lowest BCUT2D eigenvalue weighted by Crippen LogP contribution is -2.18. The molecule has 0 radical (unpaired) electrons. The Balaban J connectivity index is 0.000000215. The van der Waals surface area contributed by atoms with Gasteiger partial charge in [0.05, 0.1) is 32.8 Å². The van der Waals surface area contributed by atoms with Gasteiger partial charge in [0.15, 0.2) is 11.4 Å². The first-order valence-electron chi connectivity index (χ1n) is 16.7. The van der Waals surface area contributed by atoms with Crippen molar-refractivity contribution in [2.75, 3.05) is 6.61 Å². The molecule has 6 rings (SSSR count).